The first-order valence-electron chi connectivity index (χ1n) is 9.92. The third-order valence-corrected chi connectivity index (χ3v) is 6.02. The summed E-state index contributed by atoms with van der Waals surface area (Å²) in [6.07, 6.45) is 1.11. The molecule has 0 spiro atoms. The molecule has 1 heterocycles. The molecule has 7 nitrogen and oxygen atoms in total. The van der Waals surface area contributed by atoms with E-state index in [0.717, 1.165) is 33.7 Å². The molecule has 0 fully saturated rings. The van der Waals surface area contributed by atoms with E-state index in [-0.39, 0.29) is 6.35 Å². The molecule has 0 bridgehead atoms. The van der Waals surface area contributed by atoms with Crippen LogP contribution in [-0.2, 0) is 14.6 Å². The van der Waals surface area contributed by atoms with Gasteiger partial charge in [0.1, 0.15) is 19.2 Å². The molecule has 32 heavy (non-hydrogen) atoms. The number of nitrogens with one attached hydrogen (secondary N) is 2. The lowest BCUT2D eigenvalue weighted by molar-refractivity contribution is 0.380. The molecule has 4 aromatic rings. The highest BCUT2D eigenvalue weighted by atomic mass is 32.2. The molecule has 9 heteroatoms. The molecule has 0 saturated carbocycles. The first kappa shape index (κ1) is 22.1. The monoisotopic (exact) mass is 469 g/mol. The van der Waals surface area contributed by atoms with Crippen LogP contribution in [0.1, 0.15) is 0 Å². The fourth-order valence-electron chi connectivity index (χ4n) is 3.36. The number of pyridine rings is 1. The Labute approximate surface area is 187 Å². The Balaban J connectivity index is 1.84. The Morgan fingerprint density at radius 2 is 1.53 bits per heavy atom. The SMILES string of the molecule is CP(C)(=O)COc1cc(NS(C)(=O)=O)ccc1Nc1c2ccccc2nc2ccccc12. The second-order valence-corrected chi connectivity index (χ2v) is 13.2. The normalized spacial score (nSPS) is 12.1. The zero-order valence-electron chi connectivity index (χ0n) is 18.0. The molecule has 0 aliphatic rings. The minimum atomic E-state index is -3.46. The molecule has 0 amide bonds. The summed E-state index contributed by atoms with van der Waals surface area (Å²) in [6.45, 7) is 3.28. The van der Waals surface area contributed by atoms with Crippen molar-refractivity contribution in [2.45, 2.75) is 0 Å². The topological polar surface area (TPSA) is 97.4 Å². The number of para-hydroxylation sites is 2. The summed E-state index contributed by atoms with van der Waals surface area (Å²) in [5.41, 5.74) is 3.53. The van der Waals surface area contributed by atoms with Gasteiger partial charge in [0.15, 0.2) is 0 Å². The van der Waals surface area contributed by atoms with Crippen LogP contribution in [0.5, 0.6) is 5.75 Å². The van der Waals surface area contributed by atoms with Crippen molar-refractivity contribution < 1.29 is 17.7 Å². The number of aromatic nitrogens is 1. The van der Waals surface area contributed by atoms with Crippen molar-refractivity contribution >= 4 is 56.0 Å². The second-order valence-electron chi connectivity index (χ2n) is 8.08. The number of benzene rings is 3. The number of nitrogens with zero attached hydrogens (tertiary/aromatic N) is 1. The van der Waals surface area contributed by atoms with Gasteiger partial charge in [-0.25, -0.2) is 13.4 Å². The molecule has 4 rings (SSSR count). The smallest absolute Gasteiger partial charge is 0.229 e. The third kappa shape index (κ3) is 5.21. The first-order chi connectivity index (χ1) is 15.1. The minimum Gasteiger partial charge on any atom is -0.484 e. The quantitative estimate of drug-likeness (QED) is 0.275. The molecule has 0 radical (unpaired) electrons. The Bertz CT molecular complexity index is 1410. The van der Waals surface area contributed by atoms with Crippen LogP contribution in [-0.4, -0.2) is 39.3 Å². The highest BCUT2D eigenvalue weighted by Gasteiger charge is 2.15. The maximum Gasteiger partial charge on any atom is 0.229 e. The van der Waals surface area contributed by atoms with Gasteiger partial charge in [0, 0.05) is 16.8 Å². The van der Waals surface area contributed by atoms with Crippen molar-refractivity contribution in [1.82, 2.24) is 4.98 Å². The molecular weight excluding hydrogens is 445 g/mol. The van der Waals surface area contributed by atoms with E-state index in [9.17, 15) is 13.0 Å². The Morgan fingerprint density at radius 3 is 2.09 bits per heavy atom. The van der Waals surface area contributed by atoms with Gasteiger partial charge < -0.3 is 14.6 Å². The van der Waals surface area contributed by atoms with Crippen LogP contribution in [0.15, 0.2) is 66.7 Å². The molecule has 2 N–H and O–H groups in total. The number of fused-ring (bicyclic) bond motifs is 2. The highest BCUT2D eigenvalue weighted by Crippen LogP contribution is 2.40. The number of hydrogen-bond donors (Lipinski definition) is 2. The number of anilines is 3. The van der Waals surface area contributed by atoms with Gasteiger partial charge in [-0.05, 0) is 37.6 Å². The molecular formula is C23H24N3O4PS. The van der Waals surface area contributed by atoms with Crippen molar-refractivity contribution in [3.8, 4) is 5.75 Å². The van der Waals surface area contributed by atoms with E-state index in [1.165, 1.54) is 0 Å². The summed E-state index contributed by atoms with van der Waals surface area (Å²) in [5, 5.41) is 5.33. The Hall–Kier alpha value is -3.09. The first-order valence-corrected chi connectivity index (χ1v) is 14.6. The predicted octanol–water partition coefficient (Wildman–Crippen LogP) is 5.46. The molecule has 166 valence electrons. The lowest BCUT2D eigenvalue weighted by Gasteiger charge is -2.18. The number of hydrogen-bond acceptors (Lipinski definition) is 6. The highest BCUT2D eigenvalue weighted by molar-refractivity contribution is 7.92. The molecule has 3 aromatic carbocycles. The van der Waals surface area contributed by atoms with Gasteiger partial charge in [0.25, 0.3) is 0 Å². The van der Waals surface area contributed by atoms with Crippen molar-refractivity contribution in [2.24, 2.45) is 0 Å². The lowest BCUT2D eigenvalue weighted by atomic mass is 10.1. The van der Waals surface area contributed by atoms with Crippen LogP contribution in [0.3, 0.4) is 0 Å². The van der Waals surface area contributed by atoms with Gasteiger partial charge in [-0.15, -0.1) is 0 Å². The predicted molar refractivity (Wildman–Crippen MR) is 132 cm³/mol. The molecule has 0 aliphatic carbocycles. The van der Waals surface area contributed by atoms with E-state index in [1.807, 2.05) is 48.5 Å². The number of sulfonamides is 1. The van der Waals surface area contributed by atoms with Gasteiger partial charge in [0.05, 0.1) is 34.4 Å². The van der Waals surface area contributed by atoms with Crippen LogP contribution in [0.2, 0.25) is 0 Å². The summed E-state index contributed by atoms with van der Waals surface area (Å²) in [6, 6.07) is 20.6. The summed E-state index contributed by atoms with van der Waals surface area (Å²) in [4.78, 5) is 4.74. The van der Waals surface area contributed by atoms with Crippen molar-refractivity contribution in [3.05, 3.63) is 66.7 Å². The van der Waals surface area contributed by atoms with Crippen LogP contribution in [0, 0.1) is 0 Å². The number of rotatable bonds is 7. The fraction of sp³-hybridized carbons (Fsp3) is 0.174. The fourth-order valence-corrected chi connectivity index (χ4v) is 4.36. The van der Waals surface area contributed by atoms with Crippen molar-refractivity contribution in [2.75, 3.05) is 36.0 Å². The van der Waals surface area contributed by atoms with E-state index >= 15 is 0 Å². The Morgan fingerprint density at radius 1 is 0.938 bits per heavy atom. The minimum absolute atomic E-state index is 0.0296. The molecule has 0 unspecified atom stereocenters. The van der Waals surface area contributed by atoms with Gasteiger partial charge >= 0.3 is 0 Å². The van der Waals surface area contributed by atoms with Gasteiger partial charge in [0.2, 0.25) is 10.0 Å². The Kier molecular flexibility index (Phi) is 5.84. The van der Waals surface area contributed by atoms with Crippen LogP contribution in [0.25, 0.3) is 21.8 Å². The largest absolute Gasteiger partial charge is 0.484 e. The summed E-state index contributed by atoms with van der Waals surface area (Å²) < 4.78 is 43.9. The summed E-state index contributed by atoms with van der Waals surface area (Å²) >= 11 is 0. The zero-order chi connectivity index (χ0) is 22.9. The third-order valence-electron chi connectivity index (χ3n) is 4.66. The van der Waals surface area contributed by atoms with E-state index in [2.05, 4.69) is 10.0 Å². The van der Waals surface area contributed by atoms with Crippen molar-refractivity contribution in [1.29, 1.82) is 0 Å². The average Bonchev–Trinajstić information content (AvgIpc) is 2.71. The number of ether oxygens (including phenoxy) is 1. The standard InChI is InChI=1S/C23H24N3O4PS/c1-31(2,27)15-30-22-14-16(26-32(3,28)29)12-13-21(22)25-23-17-8-4-6-10-19(17)24-20-11-7-5-9-18(20)23/h4-14,26H,15H2,1-3H3,(H,24,25). The molecule has 1 aromatic heterocycles. The zero-order valence-corrected chi connectivity index (χ0v) is 19.7. The maximum atomic E-state index is 12.3. The van der Waals surface area contributed by atoms with E-state index in [0.29, 0.717) is 17.1 Å². The second kappa shape index (κ2) is 8.45. The van der Waals surface area contributed by atoms with Crippen LogP contribution in [0.4, 0.5) is 17.1 Å². The maximum absolute atomic E-state index is 12.3. The average molecular weight is 470 g/mol. The van der Waals surface area contributed by atoms with E-state index in [4.69, 9.17) is 9.72 Å². The van der Waals surface area contributed by atoms with Gasteiger partial charge in [-0.2, -0.15) is 0 Å². The summed E-state index contributed by atoms with van der Waals surface area (Å²) in [5.74, 6) is 0.396. The van der Waals surface area contributed by atoms with Crippen LogP contribution < -0.4 is 14.8 Å². The van der Waals surface area contributed by atoms with Gasteiger partial charge in [-0.1, -0.05) is 36.4 Å². The van der Waals surface area contributed by atoms with E-state index in [1.54, 1.807) is 31.5 Å². The van der Waals surface area contributed by atoms with E-state index < -0.39 is 17.2 Å². The molecule has 0 aliphatic heterocycles. The van der Waals surface area contributed by atoms with Crippen LogP contribution >= 0.6 is 7.14 Å². The molecule has 0 atom stereocenters. The summed E-state index contributed by atoms with van der Waals surface area (Å²) in [7, 11) is -5.92. The van der Waals surface area contributed by atoms with Crippen molar-refractivity contribution in [3.63, 3.8) is 0 Å². The lowest BCUT2D eigenvalue weighted by Crippen LogP contribution is -2.10. The molecule has 0 saturated heterocycles. The van der Waals surface area contributed by atoms with Gasteiger partial charge in [-0.3, -0.25) is 4.72 Å².